The van der Waals surface area contributed by atoms with Crippen molar-refractivity contribution < 1.29 is 9.53 Å². The molecule has 0 unspecified atom stereocenters. The number of carbonyl (C=O) groups excluding carboxylic acids is 1. The molecule has 1 fully saturated rings. The first-order valence-corrected chi connectivity index (χ1v) is 9.78. The molecule has 0 N–H and O–H groups in total. The number of hydrogen-bond acceptors (Lipinski definition) is 6. The van der Waals surface area contributed by atoms with E-state index in [1.54, 1.807) is 16.2 Å². The summed E-state index contributed by atoms with van der Waals surface area (Å²) in [5, 5.41) is 6.58. The van der Waals surface area contributed by atoms with Crippen LogP contribution >= 0.6 is 11.3 Å². The van der Waals surface area contributed by atoms with Crippen molar-refractivity contribution in [2.24, 2.45) is 0 Å². The Morgan fingerprint density at radius 2 is 2.04 bits per heavy atom. The molecule has 1 aliphatic heterocycles. The van der Waals surface area contributed by atoms with Gasteiger partial charge < -0.3 is 9.64 Å². The molecule has 3 aromatic heterocycles. The maximum atomic E-state index is 12.2. The van der Waals surface area contributed by atoms with E-state index in [-0.39, 0.29) is 11.6 Å². The minimum atomic E-state index is -0.487. The average molecular weight is 385 g/mol. The molecule has 7 nitrogen and oxygen atoms in total. The molecule has 142 valence electrons. The molecule has 4 heterocycles. The van der Waals surface area contributed by atoms with Gasteiger partial charge in [0, 0.05) is 11.8 Å². The molecule has 0 saturated carbocycles. The number of thiophene rings is 1. The number of nitrogens with zero attached hydrogens (tertiary/aromatic N) is 5. The highest BCUT2D eigenvalue weighted by Gasteiger charge is 2.45. The van der Waals surface area contributed by atoms with Gasteiger partial charge in [-0.05, 0) is 46.1 Å². The van der Waals surface area contributed by atoms with E-state index in [1.165, 1.54) is 0 Å². The van der Waals surface area contributed by atoms with Crippen molar-refractivity contribution in [3.63, 3.8) is 0 Å². The summed E-state index contributed by atoms with van der Waals surface area (Å²) in [6.45, 7) is 10.8. The molecule has 0 bridgehead atoms. The first kappa shape index (κ1) is 17.9. The third-order valence-corrected chi connectivity index (χ3v) is 5.45. The van der Waals surface area contributed by atoms with Crippen molar-refractivity contribution in [2.45, 2.75) is 45.8 Å². The van der Waals surface area contributed by atoms with Gasteiger partial charge in [-0.1, -0.05) is 0 Å². The average Bonchev–Trinajstić information content (AvgIpc) is 3.18. The standard InChI is InChI=1S/C19H23N5O2S/c1-12-21-14-6-7-27-16(14)15(22-12)13-8-20-24(9-13)19(5)10-23(11-19)17(25)26-18(2,3)4/h6-9H,10-11H2,1-5H3. The van der Waals surface area contributed by atoms with Crippen LogP contribution in [0.25, 0.3) is 21.5 Å². The molecule has 0 aromatic carbocycles. The van der Waals surface area contributed by atoms with E-state index in [4.69, 9.17) is 4.74 Å². The molecule has 4 rings (SSSR count). The van der Waals surface area contributed by atoms with E-state index in [1.807, 2.05) is 56.2 Å². The van der Waals surface area contributed by atoms with Crippen LogP contribution in [0.5, 0.6) is 0 Å². The summed E-state index contributed by atoms with van der Waals surface area (Å²) in [4.78, 5) is 23.0. The summed E-state index contributed by atoms with van der Waals surface area (Å²) in [6, 6.07) is 2.01. The molecule has 0 atom stereocenters. The number of aryl methyl sites for hydroxylation is 1. The first-order valence-electron chi connectivity index (χ1n) is 8.90. The summed E-state index contributed by atoms with van der Waals surface area (Å²) < 4.78 is 8.43. The summed E-state index contributed by atoms with van der Waals surface area (Å²) in [6.07, 6.45) is 3.56. The Balaban J connectivity index is 1.55. The van der Waals surface area contributed by atoms with E-state index in [9.17, 15) is 4.79 Å². The van der Waals surface area contributed by atoms with Crippen LogP contribution < -0.4 is 0 Å². The second kappa shape index (κ2) is 6.02. The predicted octanol–water partition coefficient (Wildman–Crippen LogP) is 3.83. The Bertz CT molecular complexity index is 1010. The molecule has 0 aliphatic carbocycles. The number of aromatic nitrogens is 4. The molecule has 1 saturated heterocycles. The van der Waals surface area contributed by atoms with Crippen molar-refractivity contribution in [3.8, 4) is 11.3 Å². The topological polar surface area (TPSA) is 73.1 Å². The maximum absolute atomic E-state index is 12.2. The summed E-state index contributed by atoms with van der Waals surface area (Å²) >= 11 is 1.63. The fourth-order valence-electron chi connectivity index (χ4n) is 3.29. The minimum absolute atomic E-state index is 0.244. The van der Waals surface area contributed by atoms with Gasteiger partial charge in [-0.15, -0.1) is 11.3 Å². The summed E-state index contributed by atoms with van der Waals surface area (Å²) in [5.41, 5.74) is 2.10. The fourth-order valence-corrected chi connectivity index (χ4v) is 4.13. The van der Waals surface area contributed by atoms with Crippen molar-refractivity contribution in [3.05, 3.63) is 29.7 Å². The van der Waals surface area contributed by atoms with E-state index >= 15 is 0 Å². The highest BCUT2D eigenvalue weighted by atomic mass is 32.1. The molecule has 27 heavy (non-hydrogen) atoms. The number of fused-ring (bicyclic) bond motifs is 1. The SMILES string of the molecule is Cc1nc(-c2cnn(C3(C)CN(C(=O)OC(C)(C)C)C3)c2)c2sccc2n1. The Morgan fingerprint density at radius 3 is 2.74 bits per heavy atom. The Hall–Kier alpha value is -2.48. The van der Waals surface area contributed by atoms with Gasteiger partial charge in [-0.3, -0.25) is 4.68 Å². The van der Waals surface area contributed by atoms with E-state index in [0.29, 0.717) is 13.1 Å². The van der Waals surface area contributed by atoms with Crippen LogP contribution in [0.15, 0.2) is 23.8 Å². The Morgan fingerprint density at radius 1 is 1.30 bits per heavy atom. The molecule has 0 spiro atoms. The fraction of sp³-hybridized carbons (Fsp3) is 0.474. The largest absolute Gasteiger partial charge is 0.444 e. The molecule has 0 radical (unpaired) electrons. The Kier molecular flexibility index (Phi) is 3.99. The lowest BCUT2D eigenvalue weighted by Crippen LogP contribution is -2.63. The van der Waals surface area contributed by atoms with Gasteiger partial charge in [-0.25, -0.2) is 14.8 Å². The van der Waals surface area contributed by atoms with Crippen LogP contribution in [0, 0.1) is 6.92 Å². The van der Waals surface area contributed by atoms with Crippen molar-refractivity contribution >= 4 is 27.6 Å². The van der Waals surface area contributed by atoms with E-state index in [0.717, 1.165) is 27.3 Å². The van der Waals surface area contributed by atoms with Gasteiger partial charge in [0.25, 0.3) is 0 Å². The van der Waals surface area contributed by atoms with Crippen molar-refractivity contribution in [2.75, 3.05) is 13.1 Å². The Labute approximate surface area is 162 Å². The molecule has 1 amide bonds. The first-order chi connectivity index (χ1) is 12.6. The number of likely N-dealkylation sites (tertiary alicyclic amines) is 1. The third kappa shape index (κ3) is 3.29. The monoisotopic (exact) mass is 385 g/mol. The molecule has 3 aromatic rings. The quantitative estimate of drug-likeness (QED) is 0.670. The van der Waals surface area contributed by atoms with Gasteiger partial charge in [0.1, 0.15) is 11.4 Å². The second-order valence-electron chi connectivity index (χ2n) is 8.26. The van der Waals surface area contributed by atoms with E-state index in [2.05, 4.69) is 22.0 Å². The number of hydrogen-bond donors (Lipinski definition) is 0. The number of carbonyl (C=O) groups is 1. The zero-order chi connectivity index (χ0) is 19.4. The lowest BCUT2D eigenvalue weighted by atomic mass is 9.93. The van der Waals surface area contributed by atoms with Crippen LogP contribution in [0.2, 0.25) is 0 Å². The van der Waals surface area contributed by atoms with Crippen LogP contribution in [-0.4, -0.2) is 49.4 Å². The van der Waals surface area contributed by atoms with Crippen LogP contribution in [0.4, 0.5) is 4.79 Å². The highest BCUT2D eigenvalue weighted by Crippen LogP contribution is 2.33. The summed E-state index contributed by atoms with van der Waals surface area (Å²) in [5.74, 6) is 0.745. The smallest absolute Gasteiger partial charge is 0.410 e. The summed E-state index contributed by atoms with van der Waals surface area (Å²) in [7, 11) is 0. The third-order valence-electron chi connectivity index (χ3n) is 4.54. The lowest BCUT2D eigenvalue weighted by molar-refractivity contribution is -0.0265. The van der Waals surface area contributed by atoms with Crippen LogP contribution in [0.3, 0.4) is 0 Å². The molecule has 1 aliphatic rings. The molecular weight excluding hydrogens is 362 g/mol. The van der Waals surface area contributed by atoms with Crippen molar-refractivity contribution in [1.82, 2.24) is 24.6 Å². The van der Waals surface area contributed by atoms with Gasteiger partial charge in [-0.2, -0.15) is 5.10 Å². The minimum Gasteiger partial charge on any atom is -0.444 e. The van der Waals surface area contributed by atoms with Crippen LogP contribution in [0.1, 0.15) is 33.5 Å². The number of amides is 1. The normalized spacial score (nSPS) is 16.4. The second-order valence-corrected chi connectivity index (χ2v) is 9.18. The van der Waals surface area contributed by atoms with Gasteiger partial charge >= 0.3 is 6.09 Å². The zero-order valence-electron chi connectivity index (χ0n) is 16.2. The van der Waals surface area contributed by atoms with Crippen LogP contribution in [-0.2, 0) is 10.3 Å². The van der Waals surface area contributed by atoms with Gasteiger partial charge in [0.2, 0.25) is 0 Å². The number of ether oxygens (including phenoxy) is 1. The maximum Gasteiger partial charge on any atom is 0.410 e. The molecule has 8 heteroatoms. The predicted molar refractivity (Wildman–Crippen MR) is 105 cm³/mol. The zero-order valence-corrected chi connectivity index (χ0v) is 17.0. The highest BCUT2D eigenvalue weighted by molar-refractivity contribution is 7.17. The lowest BCUT2D eigenvalue weighted by Gasteiger charge is -2.47. The molecular formula is C19H23N5O2S. The van der Waals surface area contributed by atoms with Gasteiger partial charge in [0.15, 0.2) is 0 Å². The van der Waals surface area contributed by atoms with E-state index < -0.39 is 5.60 Å². The number of rotatable bonds is 2. The van der Waals surface area contributed by atoms with Crippen molar-refractivity contribution in [1.29, 1.82) is 0 Å². The van der Waals surface area contributed by atoms with Gasteiger partial charge in [0.05, 0.1) is 40.7 Å².